The lowest BCUT2D eigenvalue weighted by molar-refractivity contribution is -0.139. The van der Waals surface area contributed by atoms with Gasteiger partial charge >= 0.3 is 0 Å². The molecule has 5 heteroatoms. The van der Waals surface area contributed by atoms with Gasteiger partial charge in [-0.3, -0.25) is 9.69 Å². The predicted octanol–water partition coefficient (Wildman–Crippen LogP) is 2.28. The molecule has 2 aliphatic rings. The maximum absolute atomic E-state index is 12.2. The van der Waals surface area contributed by atoms with Crippen LogP contribution in [0.2, 0.25) is 0 Å². The highest BCUT2D eigenvalue weighted by Crippen LogP contribution is 2.39. The molecule has 0 radical (unpaired) electrons. The third kappa shape index (κ3) is 4.53. The highest BCUT2D eigenvalue weighted by molar-refractivity contribution is 5.77. The lowest BCUT2D eigenvalue weighted by Gasteiger charge is -2.48. The lowest BCUT2D eigenvalue weighted by atomic mass is 9.73. The standard InChI is InChI=1S/C20H30N2O3/c1-25-18-6-2-5-17(13-18)14-21-10-3-8-20(15-21)9-7-19(24)22(16-20)11-4-12-23/h2,5-6,13,23H,3-4,7-12,14-16H2,1H3. The van der Waals surface area contributed by atoms with Crippen molar-refractivity contribution in [3.63, 3.8) is 0 Å². The van der Waals surface area contributed by atoms with Crippen LogP contribution in [0.15, 0.2) is 24.3 Å². The van der Waals surface area contributed by atoms with Crippen molar-refractivity contribution in [1.82, 2.24) is 9.80 Å². The number of carbonyl (C=O) groups is 1. The topological polar surface area (TPSA) is 53.0 Å². The molecule has 1 aromatic carbocycles. The summed E-state index contributed by atoms with van der Waals surface area (Å²) < 4.78 is 5.33. The quantitative estimate of drug-likeness (QED) is 0.859. The van der Waals surface area contributed by atoms with Gasteiger partial charge in [-0.15, -0.1) is 0 Å². The summed E-state index contributed by atoms with van der Waals surface area (Å²) >= 11 is 0. The van der Waals surface area contributed by atoms with Gasteiger partial charge in [0.15, 0.2) is 0 Å². The van der Waals surface area contributed by atoms with Crippen molar-refractivity contribution in [2.24, 2.45) is 5.41 Å². The molecular weight excluding hydrogens is 316 g/mol. The van der Waals surface area contributed by atoms with E-state index in [1.807, 2.05) is 17.0 Å². The lowest BCUT2D eigenvalue weighted by Crippen LogP contribution is -2.54. The molecule has 138 valence electrons. The molecule has 0 aromatic heterocycles. The fourth-order valence-electron chi connectivity index (χ4n) is 4.37. The van der Waals surface area contributed by atoms with E-state index in [-0.39, 0.29) is 17.9 Å². The third-order valence-electron chi connectivity index (χ3n) is 5.62. The second-order valence-corrected chi connectivity index (χ2v) is 7.56. The van der Waals surface area contributed by atoms with Gasteiger partial charge in [0.05, 0.1) is 7.11 Å². The Morgan fingerprint density at radius 3 is 2.96 bits per heavy atom. The van der Waals surface area contributed by atoms with Crippen molar-refractivity contribution in [2.45, 2.75) is 38.6 Å². The van der Waals surface area contributed by atoms with Gasteiger partial charge in [-0.2, -0.15) is 0 Å². The number of hydrogen-bond acceptors (Lipinski definition) is 4. The second kappa shape index (κ2) is 8.19. The zero-order valence-electron chi connectivity index (χ0n) is 15.2. The summed E-state index contributed by atoms with van der Waals surface area (Å²) in [6.45, 7) is 4.78. The Hall–Kier alpha value is -1.59. The fourth-order valence-corrected chi connectivity index (χ4v) is 4.37. The monoisotopic (exact) mass is 346 g/mol. The molecule has 1 N–H and O–H groups in total. The predicted molar refractivity (Wildman–Crippen MR) is 97.5 cm³/mol. The average Bonchev–Trinajstić information content (AvgIpc) is 2.63. The van der Waals surface area contributed by atoms with Crippen LogP contribution < -0.4 is 4.74 Å². The molecule has 1 aromatic rings. The highest BCUT2D eigenvalue weighted by Gasteiger charge is 2.41. The first kappa shape index (κ1) is 18.2. The maximum Gasteiger partial charge on any atom is 0.222 e. The van der Waals surface area contributed by atoms with Gasteiger partial charge in [0, 0.05) is 44.6 Å². The summed E-state index contributed by atoms with van der Waals surface area (Å²) in [6, 6.07) is 8.29. The minimum Gasteiger partial charge on any atom is -0.497 e. The average molecular weight is 346 g/mol. The van der Waals surface area contributed by atoms with E-state index in [0.717, 1.165) is 38.3 Å². The van der Waals surface area contributed by atoms with E-state index in [1.54, 1.807) is 7.11 Å². The normalized spacial score (nSPS) is 24.7. The van der Waals surface area contributed by atoms with Crippen LogP contribution in [-0.4, -0.2) is 60.7 Å². The van der Waals surface area contributed by atoms with E-state index >= 15 is 0 Å². The van der Waals surface area contributed by atoms with E-state index in [4.69, 9.17) is 9.84 Å². The van der Waals surface area contributed by atoms with Gasteiger partial charge in [0.1, 0.15) is 5.75 Å². The number of rotatable bonds is 6. The van der Waals surface area contributed by atoms with E-state index in [2.05, 4.69) is 17.0 Å². The van der Waals surface area contributed by atoms with Gasteiger partial charge in [0.25, 0.3) is 0 Å². The van der Waals surface area contributed by atoms with E-state index < -0.39 is 0 Å². The van der Waals surface area contributed by atoms with Gasteiger partial charge in [0.2, 0.25) is 5.91 Å². The maximum atomic E-state index is 12.2. The van der Waals surface area contributed by atoms with Crippen LogP contribution >= 0.6 is 0 Å². The number of nitrogens with zero attached hydrogens (tertiary/aromatic N) is 2. The largest absolute Gasteiger partial charge is 0.497 e. The van der Waals surface area contributed by atoms with Crippen LogP contribution in [0.4, 0.5) is 0 Å². The summed E-state index contributed by atoms with van der Waals surface area (Å²) in [4.78, 5) is 16.7. The van der Waals surface area contributed by atoms with E-state index in [1.165, 1.54) is 18.4 Å². The number of aliphatic hydroxyl groups is 1. The van der Waals surface area contributed by atoms with Gasteiger partial charge in [-0.1, -0.05) is 12.1 Å². The number of aliphatic hydroxyl groups excluding tert-OH is 1. The molecule has 2 fully saturated rings. The number of amides is 1. The SMILES string of the molecule is COc1cccc(CN2CCCC3(CCC(=O)N(CCCO)C3)C2)c1. The van der Waals surface area contributed by atoms with Gasteiger partial charge in [-0.25, -0.2) is 0 Å². The minimum atomic E-state index is 0.152. The smallest absolute Gasteiger partial charge is 0.222 e. The van der Waals surface area contributed by atoms with Crippen LogP contribution in [0.25, 0.3) is 0 Å². The van der Waals surface area contributed by atoms with Crippen molar-refractivity contribution in [1.29, 1.82) is 0 Å². The summed E-state index contributed by atoms with van der Waals surface area (Å²) in [6.07, 6.45) is 4.71. The Morgan fingerprint density at radius 2 is 2.16 bits per heavy atom. The second-order valence-electron chi connectivity index (χ2n) is 7.56. The molecule has 25 heavy (non-hydrogen) atoms. The van der Waals surface area contributed by atoms with Crippen molar-refractivity contribution < 1.29 is 14.6 Å². The molecule has 0 saturated carbocycles. The van der Waals surface area contributed by atoms with Crippen molar-refractivity contribution >= 4 is 5.91 Å². The Kier molecular flexibility index (Phi) is 5.97. The van der Waals surface area contributed by atoms with Gasteiger partial charge in [-0.05, 0) is 49.9 Å². The molecule has 1 unspecified atom stereocenters. The number of likely N-dealkylation sites (tertiary alicyclic amines) is 2. The van der Waals surface area contributed by atoms with Crippen LogP contribution in [0, 0.1) is 5.41 Å². The first-order valence-corrected chi connectivity index (χ1v) is 9.38. The summed E-state index contributed by atoms with van der Waals surface area (Å²) in [5.74, 6) is 1.16. The third-order valence-corrected chi connectivity index (χ3v) is 5.62. The summed E-state index contributed by atoms with van der Waals surface area (Å²) in [7, 11) is 1.70. The zero-order valence-corrected chi connectivity index (χ0v) is 15.2. The fraction of sp³-hybridized carbons (Fsp3) is 0.650. The Balaban J connectivity index is 1.64. The Morgan fingerprint density at radius 1 is 1.28 bits per heavy atom. The molecule has 2 saturated heterocycles. The molecular formula is C20H30N2O3. The molecule has 1 atom stereocenters. The van der Waals surface area contributed by atoms with Crippen molar-refractivity contribution in [3.8, 4) is 5.75 Å². The summed E-state index contributed by atoms with van der Waals surface area (Å²) in [5, 5.41) is 9.08. The molecule has 1 spiro atoms. The van der Waals surface area contributed by atoms with Crippen molar-refractivity contribution in [3.05, 3.63) is 29.8 Å². The molecule has 1 amide bonds. The molecule has 3 rings (SSSR count). The van der Waals surface area contributed by atoms with E-state index in [9.17, 15) is 4.79 Å². The number of hydrogen-bond donors (Lipinski definition) is 1. The number of methoxy groups -OCH3 is 1. The molecule has 5 nitrogen and oxygen atoms in total. The zero-order chi connectivity index (χ0) is 17.7. The van der Waals surface area contributed by atoms with Crippen LogP contribution in [0.3, 0.4) is 0 Å². The minimum absolute atomic E-state index is 0.152. The first-order chi connectivity index (χ1) is 12.1. The molecule has 2 heterocycles. The van der Waals surface area contributed by atoms with Crippen LogP contribution in [0.5, 0.6) is 5.75 Å². The number of benzene rings is 1. The summed E-state index contributed by atoms with van der Waals surface area (Å²) in [5.41, 5.74) is 1.50. The Labute approximate surface area is 150 Å². The van der Waals surface area contributed by atoms with Gasteiger partial charge < -0.3 is 14.7 Å². The molecule has 0 bridgehead atoms. The number of carbonyl (C=O) groups excluding carboxylic acids is 1. The highest BCUT2D eigenvalue weighted by atomic mass is 16.5. The van der Waals surface area contributed by atoms with E-state index in [0.29, 0.717) is 19.4 Å². The number of ether oxygens (including phenoxy) is 1. The van der Waals surface area contributed by atoms with Crippen molar-refractivity contribution in [2.75, 3.05) is 39.9 Å². The Bertz CT molecular complexity index is 592. The van der Waals surface area contributed by atoms with Crippen LogP contribution in [0.1, 0.15) is 37.7 Å². The van der Waals surface area contributed by atoms with Crippen LogP contribution in [-0.2, 0) is 11.3 Å². The first-order valence-electron chi connectivity index (χ1n) is 9.38. The molecule has 0 aliphatic carbocycles. The molecule has 2 aliphatic heterocycles. The number of piperidine rings is 2.